The van der Waals surface area contributed by atoms with E-state index in [2.05, 4.69) is 0 Å². The predicted molar refractivity (Wildman–Crippen MR) is 58.2 cm³/mol. The molecule has 1 aliphatic heterocycles. The summed E-state index contributed by atoms with van der Waals surface area (Å²) < 4.78 is 10.0. The first-order chi connectivity index (χ1) is 8.16. The highest BCUT2D eigenvalue weighted by Crippen LogP contribution is 2.19. The van der Waals surface area contributed by atoms with Gasteiger partial charge >= 0.3 is 5.97 Å². The third-order valence-corrected chi connectivity index (χ3v) is 2.58. The third kappa shape index (κ3) is 3.03. The molecule has 1 aliphatic rings. The molecule has 17 heavy (non-hydrogen) atoms. The van der Waals surface area contributed by atoms with Crippen molar-refractivity contribution in [1.29, 1.82) is 0 Å². The molecule has 2 N–H and O–H groups in total. The van der Waals surface area contributed by atoms with Crippen LogP contribution in [0.3, 0.4) is 0 Å². The minimum Gasteiger partial charge on any atom is -0.459 e. The Kier molecular flexibility index (Phi) is 3.73. The number of aliphatic hydroxyl groups excluding tert-OH is 2. The van der Waals surface area contributed by atoms with Crippen LogP contribution >= 0.6 is 0 Å². The third-order valence-electron chi connectivity index (χ3n) is 2.58. The van der Waals surface area contributed by atoms with Crippen LogP contribution in [0.25, 0.3) is 0 Å². The van der Waals surface area contributed by atoms with Crippen LogP contribution in [0.1, 0.15) is 16.8 Å². The molecule has 3 atom stereocenters. The molecule has 0 amide bonds. The lowest BCUT2D eigenvalue weighted by Gasteiger charge is -2.10. The van der Waals surface area contributed by atoms with Crippen LogP contribution in [-0.2, 0) is 9.47 Å². The molecule has 1 aromatic carbocycles. The van der Waals surface area contributed by atoms with Crippen molar-refractivity contribution in [3.8, 4) is 0 Å². The summed E-state index contributed by atoms with van der Waals surface area (Å²) in [7, 11) is 0. The zero-order valence-electron chi connectivity index (χ0n) is 9.15. The summed E-state index contributed by atoms with van der Waals surface area (Å²) in [5.41, 5.74) is 0.464. The van der Waals surface area contributed by atoms with Gasteiger partial charge in [0.2, 0.25) is 0 Å². The molecule has 92 valence electrons. The van der Waals surface area contributed by atoms with Gasteiger partial charge in [0.1, 0.15) is 12.7 Å². The Labute approximate surface area is 98.6 Å². The molecule has 1 fully saturated rings. The van der Waals surface area contributed by atoms with E-state index in [1.165, 1.54) is 0 Å². The van der Waals surface area contributed by atoms with Gasteiger partial charge in [0, 0.05) is 6.42 Å². The van der Waals surface area contributed by atoms with E-state index in [9.17, 15) is 9.90 Å². The Balaban J connectivity index is 1.81. The lowest BCUT2D eigenvalue weighted by molar-refractivity contribution is -0.133. The van der Waals surface area contributed by atoms with E-state index in [1.807, 2.05) is 6.07 Å². The van der Waals surface area contributed by atoms with Crippen molar-refractivity contribution in [1.82, 2.24) is 0 Å². The average molecular weight is 238 g/mol. The van der Waals surface area contributed by atoms with Crippen molar-refractivity contribution in [2.75, 3.05) is 6.61 Å². The molecule has 1 aromatic rings. The summed E-state index contributed by atoms with van der Waals surface area (Å²) in [5, 5.41) is 18.4. The van der Waals surface area contributed by atoms with Crippen molar-refractivity contribution >= 4 is 5.97 Å². The van der Waals surface area contributed by atoms with E-state index >= 15 is 0 Å². The summed E-state index contributed by atoms with van der Waals surface area (Å²) in [6.45, 7) is 0.0296. The maximum absolute atomic E-state index is 11.6. The van der Waals surface area contributed by atoms with Crippen LogP contribution in [0, 0.1) is 0 Å². The standard InChI is InChI=1S/C12H14O5/c13-10-6-9(17-12(10)15)7-16-11(14)8-4-2-1-3-5-8/h1-5,9-10,12-13,15H,6-7H2/t9-,10+,12?/m0/s1. The zero-order valence-corrected chi connectivity index (χ0v) is 9.15. The quantitative estimate of drug-likeness (QED) is 0.741. The second-order valence-corrected chi connectivity index (χ2v) is 3.92. The number of hydrogen-bond acceptors (Lipinski definition) is 5. The molecular formula is C12H14O5. The van der Waals surface area contributed by atoms with Crippen LogP contribution in [0.15, 0.2) is 30.3 Å². The molecular weight excluding hydrogens is 224 g/mol. The number of carbonyl (C=O) groups excluding carboxylic acids is 1. The first kappa shape index (κ1) is 12.0. The van der Waals surface area contributed by atoms with Crippen LogP contribution < -0.4 is 0 Å². The van der Waals surface area contributed by atoms with Crippen LogP contribution in [-0.4, -0.2) is 41.3 Å². The van der Waals surface area contributed by atoms with Gasteiger partial charge in [-0.05, 0) is 12.1 Å². The molecule has 1 heterocycles. The van der Waals surface area contributed by atoms with Crippen LogP contribution in [0.2, 0.25) is 0 Å². The minimum atomic E-state index is -1.18. The number of hydrogen-bond donors (Lipinski definition) is 2. The average Bonchev–Trinajstić information content (AvgIpc) is 2.67. The van der Waals surface area contributed by atoms with Gasteiger partial charge in [-0.1, -0.05) is 18.2 Å². The Morgan fingerprint density at radius 1 is 1.35 bits per heavy atom. The van der Waals surface area contributed by atoms with Gasteiger partial charge in [-0.25, -0.2) is 4.79 Å². The Morgan fingerprint density at radius 3 is 2.65 bits per heavy atom. The summed E-state index contributed by atoms with van der Waals surface area (Å²) in [6.07, 6.45) is -2.28. The van der Waals surface area contributed by atoms with Gasteiger partial charge < -0.3 is 19.7 Å². The van der Waals surface area contributed by atoms with Crippen molar-refractivity contribution < 1.29 is 24.5 Å². The smallest absolute Gasteiger partial charge is 0.338 e. The van der Waals surface area contributed by atoms with E-state index in [4.69, 9.17) is 14.6 Å². The van der Waals surface area contributed by atoms with Crippen molar-refractivity contribution in [3.05, 3.63) is 35.9 Å². The lowest BCUT2D eigenvalue weighted by Crippen LogP contribution is -2.20. The molecule has 5 nitrogen and oxygen atoms in total. The van der Waals surface area contributed by atoms with Crippen LogP contribution in [0.4, 0.5) is 0 Å². The van der Waals surface area contributed by atoms with Crippen LogP contribution in [0.5, 0.6) is 0 Å². The number of rotatable bonds is 3. The molecule has 0 saturated carbocycles. The molecule has 0 bridgehead atoms. The number of carbonyl (C=O) groups is 1. The lowest BCUT2D eigenvalue weighted by atomic mass is 10.2. The summed E-state index contributed by atoms with van der Waals surface area (Å²) >= 11 is 0. The molecule has 0 aliphatic carbocycles. The summed E-state index contributed by atoms with van der Waals surface area (Å²) in [4.78, 5) is 11.6. The molecule has 5 heteroatoms. The fraction of sp³-hybridized carbons (Fsp3) is 0.417. The highest BCUT2D eigenvalue weighted by Gasteiger charge is 2.33. The topological polar surface area (TPSA) is 76.0 Å². The SMILES string of the molecule is O=C(OC[C@@H]1C[C@@H](O)C(O)O1)c1ccccc1. The maximum atomic E-state index is 11.6. The van der Waals surface area contributed by atoms with E-state index in [1.54, 1.807) is 24.3 Å². The van der Waals surface area contributed by atoms with Gasteiger partial charge in [0.25, 0.3) is 0 Å². The predicted octanol–water partition coefficient (Wildman–Crippen LogP) is 0.312. The number of aliphatic hydroxyl groups is 2. The summed E-state index contributed by atoms with van der Waals surface area (Å²) in [5.74, 6) is -0.440. The highest BCUT2D eigenvalue weighted by atomic mass is 16.6. The first-order valence-corrected chi connectivity index (χ1v) is 5.40. The second kappa shape index (κ2) is 5.27. The normalized spacial score (nSPS) is 28.0. The summed E-state index contributed by atoms with van der Waals surface area (Å²) in [6, 6.07) is 8.61. The van der Waals surface area contributed by atoms with Crippen molar-refractivity contribution in [2.45, 2.75) is 24.9 Å². The van der Waals surface area contributed by atoms with E-state index < -0.39 is 24.5 Å². The largest absolute Gasteiger partial charge is 0.459 e. The van der Waals surface area contributed by atoms with E-state index in [0.29, 0.717) is 5.56 Å². The van der Waals surface area contributed by atoms with E-state index in [-0.39, 0.29) is 13.0 Å². The van der Waals surface area contributed by atoms with Crippen molar-refractivity contribution in [3.63, 3.8) is 0 Å². The fourth-order valence-corrected chi connectivity index (χ4v) is 1.66. The Morgan fingerprint density at radius 2 is 2.06 bits per heavy atom. The Hall–Kier alpha value is -1.43. The number of ether oxygens (including phenoxy) is 2. The fourth-order valence-electron chi connectivity index (χ4n) is 1.66. The van der Waals surface area contributed by atoms with Gasteiger partial charge in [0.05, 0.1) is 11.7 Å². The molecule has 0 aromatic heterocycles. The van der Waals surface area contributed by atoms with Gasteiger partial charge in [-0.3, -0.25) is 0 Å². The van der Waals surface area contributed by atoms with Gasteiger partial charge in [-0.15, -0.1) is 0 Å². The maximum Gasteiger partial charge on any atom is 0.338 e. The van der Waals surface area contributed by atoms with Gasteiger partial charge in [-0.2, -0.15) is 0 Å². The highest BCUT2D eigenvalue weighted by molar-refractivity contribution is 5.89. The van der Waals surface area contributed by atoms with E-state index in [0.717, 1.165) is 0 Å². The second-order valence-electron chi connectivity index (χ2n) is 3.92. The monoisotopic (exact) mass is 238 g/mol. The zero-order chi connectivity index (χ0) is 12.3. The minimum absolute atomic E-state index is 0.0296. The molecule has 0 spiro atoms. The molecule has 0 radical (unpaired) electrons. The first-order valence-electron chi connectivity index (χ1n) is 5.40. The van der Waals surface area contributed by atoms with Gasteiger partial charge in [0.15, 0.2) is 6.29 Å². The van der Waals surface area contributed by atoms with Crippen molar-refractivity contribution in [2.24, 2.45) is 0 Å². The number of esters is 1. The molecule has 1 unspecified atom stereocenters. The molecule has 2 rings (SSSR count). The Bertz CT molecular complexity index is 368. The molecule has 1 saturated heterocycles. The number of benzene rings is 1.